The van der Waals surface area contributed by atoms with E-state index < -0.39 is 11.9 Å². The van der Waals surface area contributed by atoms with Gasteiger partial charge in [0.2, 0.25) is 0 Å². The van der Waals surface area contributed by atoms with Gasteiger partial charge in [-0.3, -0.25) is 0 Å². The van der Waals surface area contributed by atoms with Crippen LogP contribution in [0.5, 0.6) is 0 Å². The summed E-state index contributed by atoms with van der Waals surface area (Å²) in [6.45, 7) is 1.35. The SMILES string of the molecule is O=C(O)c1ccccc1.O=C(O)c1ccccc1.OC1CCC12OCCOC21CC1. The zero-order valence-electron chi connectivity index (χ0n) is 16.6. The molecular formula is C23H26O7. The van der Waals surface area contributed by atoms with Crippen molar-refractivity contribution in [2.75, 3.05) is 13.2 Å². The standard InChI is InChI=1S/C9H14O3.2C7H6O2/c10-7-1-2-9(7)8(3-4-8)11-5-6-12-9;2*8-7(9)6-4-2-1-3-5-6/h7,10H,1-6H2;2*1-5H,(H,8,9). The smallest absolute Gasteiger partial charge is 0.335 e. The lowest BCUT2D eigenvalue weighted by Gasteiger charge is -2.53. The molecule has 2 aliphatic carbocycles. The van der Waals surface area contributed by atoms with Crippen LogP contribution >= 0.6 is 0 Å². The minimum atomic E-state index is -0.879. The van der Waals surface area contributed by atoms with Gasteiger partial charge in [0.1, 0.15) is 5.60 Å². The molecular weight excluding hydrogens is 388 g/mol. The largest absolute Gasteiger partial charge is 0.478 e. The van der Waals surface area contributed by atoms with Gasteiger partial charge in [-0.2, -0.15) is 0 Å². The van der Waals surface area contributed by atoms with Gasteiger partial charge in [-0.15, -0.1) is 0 Å². The maximum Gasteiger partial charge on any atom is 0.335 e. The van der Waals surface area contributed by atoms with E-state index in [0.29, 0.717) is 24.3 Å². The number of carboxylic acid groups (broad SMARTS) is 2. The van der Waals surface area contributed by atoms with Gasteiger partial charge in [0, 0.05) is 0 Å². The summed E-state index contributed by atoms with van der Waals surface area (Å²) < 4.78 is 11.4. The number of carbonyl (C=O) groups is 2. The van der Waals surface area contributed by atoms with Crippen molar-refractivity contribution in [3.8, 4) is 0 Å². The second-order valence-electron chi connectivity index (χ2n) is 7.48. The van der Waals surface area contributed by atoms with Crippen molar-refractivity contribution in [1.82, 2.24) is 0 Å². The van der Waals surface area contributed by atoms with Crippen LogP contribution in [0, 0.1) is 0 Å². The van der Waals surface area contributed by atoms with Gasteiger partial charge in [0.15, 0.2) is 0 Å². The van der Waals surface area contributed by atoms with Gasteiger partial charge in [-0.1, -0.05) is 36.4 Å². The molecule has 2 saturated carbocycles. The lowest BCUT2D eigenvalue weighted by atomic mass is 9.70. The van der Waals surface area contributed by atoms with E-state index in [1.165, 1.54) is 0 Å². The van der Waals surface area contributed by atoms with Crippen LogP contribution in [-0.4, -0.2) is 57.8 Å². The third kappa shape index (κ3) is 4.70. The normalized spacial score (nSPS) is 25.0. The number of ether oxygens (including phenoxy) is 2. The lowest BCUT2D eigenvalue weighted by Crippen LogP contribution is -2.66. The van der Waals surface area contributed by atoms with E-state index in [-0.39, 0.29) is 17.3 Å². The first kappa shape index (κ1) is 22.0. The Hall–Kier alpha value is -2.74. The van der Waals surface area contributed by atoms with Crippen LogP contribution in [0.15, 0.2) is 60.7 Å². The summed E-state index contributed by atoms with van der Waals surface area (Å²) in [6, 6.07) is 16.6. The molecule has 3 N–H and O–H groups in total. The number of hydrogen-bond acceptors (Lipinski definition) is 5. The van der Waals surface area contributed by atoms with Crippen molar-refractivity contribution in [1.29, 1.82) is 0 Å². The third-order valence-corrected chi connectivity index (χ3v) is 5.67. The Morgan fingerprint density at radius 3 is 1.50 bits per heavy atom. The van der Waals surface area contributed by atoms with Crippen LogP contribution in [0.25, 0.3) is 0 Å². The molecule has 2 spiro atoms. The average Bonchev–Trinajstić information content (AvgIpc) is 3.55. The van der Waals surface area contributed by atoms with Gasteiger partial charge in [-0.05, 0) is 49.9 Å². The Morgan fingerprint density at radius 1 is 0.767 bits per heavy atom. The van der Waals surface area contributed by atoms with E-state index in [2.05, 4.69) is 0 Å². The van der Waals surface area contributed by atoms with Crippen molar-refractivity contribution in [2.45, 2.75) is 43.0 Å². The van der Waals surface area contributed by atoms with Gasteiger partial charge in [0.25, 0.3) is 0 Å². The highest BCUT2D eigenvalue weighted by molar-refractivity contribution is 5.87. The number of benzene rings is 2. The second kappa shape index (κ2) is 9.38. The topological polar surface area (TPSA) is 113 Å². The minimum absolute atomic E-state index is 0.0804. The van der Waals surface area contributed by atoms with Crippen molar-refractivity contribution < 1.29 is 34.4 Å². The van der Waals surface area contributed by atoms with Gasteiger partial charge in [-0.25, -0.2) is 9.59 Å². The Kier molecular flexibility index (Phi) is 6.87. The molecule has 0 amide bonds. The van der Waals surface area contributed by atoms with Crippen LogP contribution in [0.1, 0.15) is 46.4 Å². The predicted molar refractivity (Wildman–Crippen MR) is 109 cm³/mol. The average molecular weight is 414 g/mol. The van der Waals surface area contributed by atoms with E-state index >= 15 is 0 Å². The summed E-state index contributed by atoms with van der Waals surface area (Å²) in [5, 5.41) is 26.5. The Morgan fingerprint density at radius 2 is 1.23 bits per heavy atom. The van der Waals surface area contributed by atoms with Crippen LogP contribution in [-0.2, 0) is 9.47 Å². The number of aromatic carboxylic acids is 2. The molecule has 1 heterocycles. The molecule has 7 nitrogen and oxygen atoms in total. The Balaban J connectivity index is 0.000000131. The molecule has 3 fully saturated rings. The fourth-order valence-corrected chi connectivity index (χ4v) is 3.79. The highest BCUT2D eigenvalue weighted by atomic mass is 16.6. The van der Waals surface area contributed by atoms with Crippen LogP contribution in [0.3, 0.4) is 0 Å². The number of hydrogen-bond donors (Lipinski definition) is 3. The van der Waals surface area contributed by atoms with Crippen molar-refractivity contribution in [3.05, 3.63) is 71.8 Å². The first-order chi connectivity index (χ1) is 14.4. The van der Waals surface area contributed by atoms with E-state index in [1.54, 1.807) is 60.7 Å². The highest BCUT2D eigenvalue weighted by Gasteiger charge is 2.69. The molecule has 0 radical (unpaired) electrons. The maximum atomic E-state index is 10.2. The van der Waals surface area contributed by atoms with E-state index in [4.69, 9.17) is 19.7 Å². The van der Waals surface area contributed by atoms with Crippen molar-refractivity contribution in [2.24, 2.45) is 0 Å². The van der Waals surface area contributed by atoms with Crippen LogP contribution < -0.4 is 0 Å². The van der Waals surface area contributed by atoms with Crippen molar-refractivity contribution >= 4 is 11.9 Å². The molecule has 2 atom stereocenters. The fraction of sp³-hybridized carbons (Fsp3) is 0.391. The molecule has 1 saturated heterocycles. The van der Waals surface area contributed by atoms with E-state index in [9.17, 15) is 14.7 Å². The van der Waals surface area contributed by atoms with Gasteiger partial charge < -0.3 is 24.8 Å². The van der Waals surface area contributed by atoms with Gasteiger partial charge >= 0.3 is 11.9 Å². The molecule has 5 rings (SSSR count). The second-order valence-corrected chi connectivity index (χ2v) is 7.48. The zero-order chi connectivity index (χ0) is 21.6. The summed E-state index contributed by atoms with van der Waals surface area (Å²) in [6.07, 6.45) is 3.73. The Labute approximate surface area is 174 Å². The number of rotatable bonds is 2. The Bertz CT molecular complexity index is 799. The number of aliphatic hydroxyl groups excluding tert-OH is 1. The van der Waals surface area contributed by atoms with Crippen LogP contribution in [0.2, 0.25) is 0 Å². The monoisotopic (exact) mass is 414 g/mol. The number of carboxylic acids is 2. The fourth-order valence-electron chi connectivity index (χ4n) is 3.79. The summed E-state index contributed by atoms with van der Waals surface area (Å²) in [4.78, 5) is 20.4. The minimum Gasteiger partial charge on any atom is -0.478 e. The van der Waals surface area contributed by atoms with Crippen molar-refractivity contribution in [3.63, 3.8) is 0 Å². The maximum absolute atomic E-state index is 10.2. The molecule has 7 heteroatoms. The molecule has 0 bridgehead atoms. The number of aliphatic hydroxyl groups is 1. The zero-order valence-corrected chi connectivity index (χ0v) is 16.6. The molecule has 30 heavy (non-hydrogen) atoms. The molecule has 160 valence electrons. The number of fused-ring (bicyclic) bond motifs is 1. The summed E-state index contributed by atoms with van der Waals surface area (Å²) in [5.74, 6) is -1.76. The molecule has 2 unspecified atom stereocenters. The van der Waals surface area contributed by atoms with E-state index in [1.807, 2.05) is 0 Å². The molecule has 2 aromatic carbocycles. The summed E-state index contributed by atoms with van der Waals surface area (Å²) in [7, 11) is 0. The lowest BCUT2D eigenvalue weighted by molar-refractivity contribution is -0.291. The first-order valence-electron chi connectivity index (χ1n) is 9.93. The van der Waals surface area contributed by atoms with E-state index in [0.717, 1.165) is 25.7 Å². The quantitative estimate of drug-likeness (QED) is 0.691. The molecule has 0 aromatic heterocycles. The summed E-state index contributed by atoms with van der Waals surface area (Å²) >= 11 is 0. The third-order valence-electron chi connectivity index (χ3n) is 5.67. The molecule has 1 aliphatic heterocycles. The summed E-state index contributed by atoms with van der Waals surface area (Å²) in [5.41, 5.74) is 0.281. The first-order valence-corrected chi connectivity index (χ1v) is 9.93. The molecule has 3 aliphatic rings. The highest BCUT2D eigenvalue weighted by Crippen LogP contribution is 2.59. The predicted octanol–water partition coefficient (Wildman–Crippen LogP) is 3.23. The van der Waals surface area contributed by atoms with Gasteiger partial charge in [0.05, 0.1) is 36.0 Å². The van der Waals surface area contributed by atoms with Crippen LogP contribution in [0.4, 0.5) is 0 Å². The molecule has 2 aromatic rings.